The lowest BCUT2D eigenvalue weighted by atomic mass is 9.97. The Kier molecular flexibility index (Phi) is 7.38. The molecule has 0 spiro atoms. The second-order valence-corrected chi connectivity index (χ2v) is 8.69. The Labute approximate surface area is 209 Å². The number of carbonyl (C=O) groups is 3. The summed E-state index contributed by atoms with van der Waals surface area (Å²) in [6, 6.07) is 16.0. The highest BCUT2D eigenvalue weighted by Gasteiger charge is 2.37. The quantitative estimate of drug-likeness (QED) is 0.505. The van der Waals surface area contributed by atoms with Crippen molar-refractivity contribution >= 4 is 23.6 Å². The maximum Gasteiger partial charge on any atom is 0.325 e. The number of nitrogens with one attached hydrogen (secondary N) is 1. The molecule has 9 heteroatoms. The van der Waals surface area contributed by atoms with E-state index in [0.717, 1.165) is 16.9 Å². The molecular formula is C27H29FN4O4. The number of urea groups is 1. The van der Waals surface area contributed by atoms with Gasteiger partial charge in [0.1, 0.15) is 24.9 Å². The molecule has 1 aliphatic heterocycles. The van der Waals surface area contributed by atoms with Crippen LogP contribution < -0.4 is 10.2 Å². The summed E-state index contributed by atoms with van der Waals surface area (Å²) >= 11 is 0. The lowest BCUT2D eigenvalue weighted by Gasteiger charge is -2.40. The van der Waals surface area contributed by atoms with Gasteiger partial charge in [0.2, 0.25) is 5.91 Å². The highest BCUT2D eigenvalue weighted by molar-refractivity contribution is 6.00. The van der Waals surface area contributed by atoms with Crippen molar-refractivity contribution in [3.63, 3.8) is 0 Å². The van der Waals surface area contributed by atoms with Gasteiger partial charge in [-0.15, -0.1) is 0 Å². The van der Waals surface area contributed by atoms with Crippen LogP contribution in [0.1, 0.15) is 38.1 Å². The lowest BCUT2D eigenvalue weighted by Crippen LogP contribution is -2.52. The number of amides is 3. The van der Waals surface area contributed by atoms with Crippen molar-refractivity contribution in [2.75, 3.05) is 24.6 Å². The molecule has 8 nitrogen and oxygen atoms in total. The van der Waals surface area contributed by atoms with E-state index in [0.29, 0.717) is 5.69 Å². The first kappa shape index (κ1) is 25.0. The molecule has 0 bridgehead atoms. The molecule has 0 saturated heterocycles. The van der Waals surface area contributed by atoms with Gasteiger partial charge in [-0.3, -0.25) is 14.5 Å². The first-order valence-corrected chi connectivity index (χ1v) is 11.9. The molecule has 3 aromatic rings. The number of fused-ring (bicyclic) bond motifs is 3. The summed E-state index contributed by atoms with van der Waals surface area (Å²) in [4.78, 5) is 41.6. The SMILES string of the molecule is CCOC(=O)CNC(=O)N(CC(=O)N1c2ccccc2-n2cccc2C1c1ccc(F)cc1)C(C)C. The second kappa shape index (κ2) is 10.6. The van der Waals surface area contributed by atoms with E-state index < -0.39 is 18.0 Å². The largest absolute Gasteiger partial charge is 0.465 e. The van der Waals surface area contributed by atoms with Crippen LogP contribution in [0.3, 0.4) is 0 Å². The third kappa shape index (κ3) is 4.95. The molecule has 188 valence electrons. The van der Waals surface area contributed by atoms with Gasteiger partial charge in [0.05, 0.1) is 23.7 Å². The molecule has 0 aliphatic carbocycles. The third-order valence-corrected chi connectivity index (χ3v) is 6.05. The first-order chi connectivity index (χ1) is 17.3. The highest BCUT2D eigenvalue weighted by Crippen LogP contribution is 2.42. The molecule has 36 heavy (non-hydrogen) atoms. The second-order valence-electron chi connectivity index (χ2n) is 8.69. The third-order valence-electron chi connectivity index (χ3n) is 6.05. The van der Waals surface area contributed by atoms with E-state index in [1.54, 1.807) is 37.8 Å². The Morgan fingerprint density at radius 3 is 2.39 bits per heavy atom. The summed E-state index contributed by atoms with van der Waals surface area (Å²) in [6.07, 6.45) is 1.93. The number of ether oxygens (including phenoxy) is 1. The topological polar surface area (TPSA) is 83.9 Å². The van der Waals surface area contributed by atoms with Gasteiger partial charge < -0.3 is 19.5 Å². The number of carbonyl (C=O) groups excluding carboxylic acids is 3. The number of halogens is 1. The maximum atomic E-state index is 13.9. The van der Waals surface area contributed by atoms with Gasteiger partial charge in [0, 0.05) is 12.2 Å². The predicted molar refractivity (Wildman–Crippen MR) is 133 cm³/mol. The molecular weight excluding hydrogens is 463 g/mol. The van der Waals surface area contributed by atoms with Crippen LogP contribution in [0.25, 0.3) is 5.69 Å². The molecule has 1 unspecified atom stereocenters. The first-order valence-electron chi connectivity index (χ1n) is 11.9. The van der Waals surface area contributed by atoms with Crippen LogP contribution in [0.5, 0.6) is 0 Å². The molecule has 1 N–H and O–H groups in total. The molecule has 2 heterocycles. The van der Waals surface area contributed by atoms with Crippen LogP contribution in [0.15, 0.2) is 66.9 Å². The number of para-hydroxylation sites is 2. The predicted octanol–water partition coefficient (Wildman–Crippen LogP) is 4.04. The number of anilines is 1. The minimum atomic E-state index is -0.553. The van der Waals surface area contributed by atoms with Crippen molar-refractivity contribution in [3.8, 4) is 5.69 Å². The molecule has 3 amide bonds. The number of hydrogen-bond acceptors (Lipinski definition) is 4. The fourth-order valence-electron chi connectivity index (χ4n) is 4.39. The van der Waals surface area contributed by atoms with E-state index in [1.165, 1.54) is 17.0 Å². The molecule has 0 saturated carbocycles. The van der Waals surface area contributed by atoms with E-state index >= 15 is 0 Å². The zero-order valence-corrected chi connectivity index (χ0v) is 20.5. The Hall–Kier alpha value is -4.14. The average Bonchev–Trinajstić information content (AvgIpc) is 3.35. The number of nitrogens with zero attached hydrogens (tertiary/aromatic N) is 3. The Balaban J connectivity index is 1.68. The average molecular weight is 493 g/mol. The van der Waals surface area contributed by atoms with E-state index in [4.69, 9.17) is 4.74 Å². The van der Waals surface area contributed by atoms with Crippen LogP contribution in [-0.2, 0) is 14.3 Å². The number of aromatic nitrogens is 1. The van der Waals surface area contributed by atoms with Crippen molar-refractivity contribution in [3.05, 3.63) is 83.9 Å². The minimum absolute atomic E-state index is 0.210. The number of rotatable bonds is 7. The minimum Gasteiger partial charge on any atom is -0.465 e. The number of benzene rings is 2. The van der Waals surface area contributed by atoms with Gasteiger partial charge in [-0.2, -0.15) is 0 Å². The highest BCUT2D eigenvalue weighted by atomic mass is 19.1. The molecule has 2 aromatic carbocycles. The van der Waals surface area contributed by atoms with Crippen molar-refractivity contribution in [2.45, 2.75) is 32.9 Å². The van der Waals surface area contributed by atoms with E-state index in [9.17, 15) is 18.8 Å². The Morgan fingerprint density at radius 2 is 1.72 bits per heavy atom. The smallest absolute Gasteiger partial charge is 0.325 e. The lowest BCUT2D eigenvalue weighted by molar-refractivity contribution is -0.141. The fraction of sp³-hybridized carbons (Fsp3) is 0.296. The summed E-state index contributed by atoms with van der Waals surface area (Å²) < 4.78 is 20.6. The van der Waals surface area contributed by atoms with Crippen LogP contribution in [0, 0.1) is 5.82 Å². The van der Waals surface area contributed by atoms with Crippen molar-refractivity contribution in [1.82, 2.24) is 14.8 Å². The van der Waals surface area contributed by atoms with Gasteiger partial charge in [-0.05, 0) is 62.7 Å². The van der Waals surface area contributed by atoms with E-state index in [1.807, 2.05) is 47.2 Å². The van der Waals surface area contributed by atoms with Crippen molar-refractivity contribution in [1.29, 1.82) is 0 Å². The van der Waals surface area contributed by atoms with Gasteiger partial charge in [-0.25, -0.2) is 9.18 Å². The normalized spacial score (nSPS) is 14.1. The Morgan fingerprint density at radius 1 is 1.03 bits per heavy atom. The fourth-order valence-corrected chi connectivity index (χ4v) is 4.39. The monoisotopic (exact) mass is 492 g/mol. The molecule has 1 atom stereocenters. The van der Waals surface area contributed by atoms with Gasteiger partial charge in [0.25, 0.3) is 0 Å². The van der Waals surface area contributed by atoms with Gasteiger partial charge >= 0.3 is 12.0 Å². The molecule has 1 aliphatic rings. The van der Waals surface area contributed by atoms with E-state index in [2.05, 4.69) is 5.32 Å². The zero-order chi connectivity index (χ0) is 25.8. The number of esters is 1. The standard InChI is InChI=1S/C27H29FN4O4/c1-4-36-25(34)16-29-27(35)31(18(2)3)17-24(33)32-22-9-6-5-8-21(22)30-15-7-10-23(30)26(32)19-11-13-20(28)14-12-19/h5-15,18,26H,4,16-17H2,1-3H3,(H,29,35). The molecule has 4 rings (SSSR count). The van der Waals surface area contributed by atoms with Gasteiger partial charge in [0.15, 0.2) is 0 Å². The van der Waals surface area contributed by atoms with E-state index in [-0.39, 0.29) is 37.5 Å². The molecule has 1 aromatic heterocycles. The summed E-state index contributed by atoms with van der Waals surface area (Å²) in [5.41, 5.74) is 3.09. The molecule has 0 radical (unpaired) electrons. The Bertz CT molecular complexity index is 1250. The van der Waals surface area contributed by atoms with Crippen LogP contribution in [-0.4, -0.2) is 53.1 Å². The van der Waals surface area contributed by atoms with Crippen LogP contribution >= 0.6 is 0 Å². The van der Waals surface area contributed by atoms with Crippen LogP contribution in [0.2, 0.25) is 0 Å². The molecule has 0 fully saturated rings. The van der Waals surface area contributed by atoms with Crippen molar-refractivity contribution < 1.29 is 23.5 Å². The van der Waals surface area contributed by atoms with Crippen molar-refractivity contribution in [2.24, 2.45) is 0 Å². The van der Waals surface area contributed by atoms with Gasteiger partial charge in [-0.1, -0.05) is 24.3 Å². The summed E-state index contributed by atoms with van der Waals surface area (Å²) in [5, 5.41) is 2.53. The maximum absolute atomic E-state index is 13.9. The summed E-state index contributed by atoms with van der Waals surface area (Å²) in [6.45, 7) is 4.97. The number of hydrogen-bond donors (Lipinski definition) is 1. The summed E-state index contributed by atoms with van der Waals surface area (Å²) in [5.74, 6) is -1.24. The van der Waals surface area contributed by atoms with Crippen LogP contribution in [0.4, 0.5) is 14.9 Å². The zero-order valence-electron chi connectivity index (χ0n) is 20.5. The summed E-state index contributed by atoms with van der Waals surface area (Å²) in [7, 11) is 0.